The molecule has 7 heteroatoms. The monoisotopic (exact) mass is 440 g/mol. The first-order valence-corrected chi connectivity index (χ1v) is 11.6. The molecule has 0 aliphatic carbocycles. The maximum atomic E-state index is 11.7. The molecule has 1 N–H and O–H groups in total. The van der Waals surface area contributed by atoms with Crippen LogP contribution in [0.5, 0.6) is 5.75 Å². The van der Waals surface area contributed by atoms with Gasteiger partial charge in [0, 0.05) is 31.0 Å². The molecule has 0 fully saturated rings. The van der Waals surface area contributed by atoms with Crippen molar-refractivity contribution < 1.29 is 14.3 Å². The first kappa shape index (κ1) is 23.8. The zero-order valence-electron chi connectivity index (χ0n) is 20.2. The maximum absolute atomic E-state index is 11.7. The molecule has 0 aliphatic rings. The number of ether oxygens (including phenoxy) is 2. The summed E-state index contributed by atoms with van der Waals surface area (Å²) in [6.45, 7) is 14.1. The second-order valence-electron chi connectivity index (χ2n) is 9.58. The highest BCUT2D eigenvalue weighted by Gasteiger charge is 2.16. The van der Waals surface area contributed by atoms with Crippen LogP contribution in [0, 0.1) is 5.92 Å². The molecule has 0 spiro atoms. The number of hydrogen-bond acceptors (Lipinski definition) is 5. The molecule has 32 heavy (non-hydrogen) atoms. The second kappa shape index (κ2) is 10.2. The van der Waals surface area contributed by atoms with Crippen LogP contribution in [0.3, 0.4) is 0 Å². The fourth-order valence-electron chi connectivity index (χ4n) is 3.68. The Morgan fingerprint density at radius 1 is 1.22 bits per heavy atom. The quantitative estimate of drug-likeness (QED) is 0.445. The van der Waals surface area contributed by atoms with Gasteiger partial charge in [-0.15, -0.1) is 0 Å². The lowest BCUT2D eigenvalue weighted by molar-refractivity contribution is 0.0525. The van der Waals surface area contributed by atoms with Crippen molar-refractivity contribution in [1.82, 2.24) is 19.9 Å². The van der Waals surface area contributed by atoms with E-state index in [0.717, 1.165) is 52.9 Å². The van der Waals surface area contributed by atoms with Gasteiger partial charge < -0.3 is 19.4 Å². The van der Waals surface area contributed by atoms with Crippen LogP contribution in [0.15, 0.2) is 24.4 Å². The topological polar surface area (TPSA) is 78.3 Å². The number of aryl methyl sites for hydroxylation is 1. The molecule has 7 nitrogen and oxygen atoms in total. The molecule has 0 bridgehead atoms. The minimum Gasteiger partial charge on any atom is -0.493 e. The van der Waals surface area contributed by atoms with Crippen molar-refractivity contribution >= 4 is 28.0 Å². The van der Waals surface area contributed by atoms with E-state index in [2.05, 4.69) is 41.7 Å². The molecular weight excluding hydrogens is 404 g/mol. The zero-order valence-corrected chi connectivity index (χ0v) is 20.2. The molecule has 0 aliphatic heterocycles. The van der Waals surface area contributed by atoms with Gasteiger partial charge in [-0.3, -0.25) is 4.98 Å². The normalized spacial score (nSPS) is 12.0. The summed E-state index contributed by atoms with van der Waals surface area (Å²) >= 11 is 0. The highest BCUT2D eigenvalue weighted by Crippen LogP contribution is 2.28. The number of benzene rings is 1. The summed E-state index contributed by atoms with van der Waals surface area (Å²) < 4.78 is 13.5. The smallest absolute Gasteiger partial charge is 0.407 e. The molecule has 1 aromatic carbocycles. The lowest BCUT2D eigenvalue weighted by atomic mass is 10.1. The number of fused-ring (bicyclic) bond motifs is 3. The lowest BCUT2D eigenvalue weighted by Gasteiger charge is -2.19. The van der Waals surface area contributed by atoms with Crippen LogP contribution in [0.2, 0.25) is 0 Å². The van der Waals surface area contributed by atoms with Crippen molar-refractivity contribution in [1.29, 1.82) is 0 Å². The van der Waals surface area contributed by atoms with Gasteiger partial charge in [0.05, 0.1) is 23.8 Å². The van der Waals surface area contributed by atoms with Crippen LogP contribution < -0.4 is 10.1 Å². The minimum atomic E-state index is -0.494. The summed E-state index contributed by atoms with van der Waals surface area (Å²) in [7, 11) is 0. The molecule has 0 radical (unpaired) electrons. The Morgan fingerprint density at radius 2 is 2.00 bits per heavy atom. The first-order valence-electron chi connectivity index (χ1n) is 11.6. The number of nitrogens with zero attached hydrogens (tertiary/aromatic N) is 3. The highest BCUT2D eigenvalue weighted by atomic mass is 16.6. The van der Waals surface area contributed by atoms with Crippen molar-refractivity contribution in [3.05, 3.63) is 30.2 Å². The van der Waals surface area contributed by atoms with Crippen LogP contribution in [0.4, 0.5) is 4.79 Å². The first-order chi connectivity index (χ1) is 15.2. The van der Waals surface area contributed by atoms with Gasteiger partial charge in [0.25, 0.3) is 0 Å². The van der Waals surface area contributed by atoms with Crippen LogP contribution >= 0.6 is 0 Å². The third-order valence-corrected chi connectivity index (χ3v) is 4.90. The Morgan fingerprint density at radius 3 is 2.69 bits per heavy atom. The van der Waals surface area contributed by atoms with E-state index in [-0.39, 0.29) is 0 Å². The Labute approximate surface area is 190 Å². The molecule has 0 saturated carbocycles. The van der Waals surface area contributed by atoms with Crippen molar-refractivity contribution in [3.8, 4) is 5.75 Å². The van der Waals surface area contributed by atoms with E-state index in [1.54, 1.807) is 0 Å². The molecule has 0 unspecified atom stereocenters. The van der Waals surface area contributed by atoms with E-state index in [4.69, 9.17) is 14.5 Å². The Bertz CT molecular complexity index is 1070. The standard InChI is InChI=1S/C25H36N4O3/c1-7-9-22-28-21-15-27-20-14-18(10-11-19(20)23(21)29(22)16-17(2)3)31-13-8-12-26-24(30)32-25(4,5)6/h10-11,14-15,17H,7-9,12-13,16H2,1-6H3,(H,26,30). The summed E-state index contributed by atoms with van der Waals surface area (Å²) in [5, 5.41) is 3.84. The summed E-state index contributed by atoms with van der Waals surface area (Å²) in [6, 6.07) is 6.03. The van der Waals surface area contributed by atoms with E-state index in [0.29, 0.717) is 25.5 Å². The molecule has 2 heterocycles. The van der Waals surface area contributed by atoms with E-state index >= 15 is 0 Å². The summed E-state index contributed by atoms with van der Waals surface area (Å²) in [5.41, 5.74) is 2.50. The van der Waals surface area contributed by atoms with Gasteiger partial charge in [-0.2, -0.15) is 0 Å². The number of carbonyl (C=O) groups excluding carboxylic acids is 1. The van der Waals surface area contributed by atoms with E-state index in [9.17, 15) is 4.79 Å². The number of rotatable bonds is 9. The molecule has 174 valence electrons. The lowest BCUT2D eigenvalue weighted by Crippen LogP contribution is -2.33. The average molecular weight is 441 g/mol. The van der Waals surface area contributed by atoms with E-state index in [1.165, 1.54) is 0 Å². The number of amides is 1. The number of aromatic nitrogens is 3. The number of nitrogens with one attached hydrogen (secondary N) is 1. The van der Waals surface area contributed by atoms with Gasteiger partial charge >= 0.3 is 6.09 Å². The highest BCUT2D eigenvalue weighted by molar-refractivity contribution is 6.02. The Balaban J connectivity index is 1.69. The van der Waals surface area contributed by atoms with Crippen LogP contribution in [0.1, 0.15) is 60.2 Å². The van der Waals surface area contributed by atoms with Gasteiger partial charge in [-0.05, 0) is 51.7 Å². The molecular formula is C25H36N4O3. The molecule has 3 rings (SSSR count). The van der Waals surface area contributed by atoms with Gasteiger partial charge in [-0.25, -0.2) is 9.78 Å². The third kappa shape index (κ3) is 6.11. The predicted octanol–water partition coefficient (Wildman–Crippen LogP) is 5.49. The fourth-order valence-corrected chi connectivity index (χ4v) is 3.68. The Kier molecular flexibility index (Phi) is 7.59. The molecule has 0 atom stereocenters. The van der Waals surface area contributed by atoms with Crippen molar-refractivity contribution in [2.24, 2.45) is 5.92 Å². The van der Waals surface area contributed by atoms with E-state index in [1.807, 2.05) is 39.1 Å². The number of pyridine rings is 1. The summed E-state index contributed by atoms with van der Waals surface area (Å²) in [6.07, 6.45) is 4.17. The molecule has 2 aromatic heterocycles. The molecule has 0 saturated heterocycles. The fraction of sp³-hybridized carbons (Fsp3) is 0.560. The maximum Gasteiger partial charge on any atom is 0.407 e. The van der Waals surface area contributed by atoms with E-state index < -0.39 is 11.7 Å². The number of imidazole rings is 1. The van der Waals surface area contributed by atoms with Gasteiger partial charge in [0.15, 0.2) is 0 Å². The van der Waals surface area contributed by atoms with Crippen molar-refractivity contribution in [2.45, 2.75) is 73.0 Å². The molecule has 1 amide bonds. The predicted molar refractivity (Wildman–Crippen MR) is 128 cm³/mol. The zero-order chi connectivity index (χ0) is 23.3. The van der Waals surface area contributed by atoms with Crippen molar-refractivity contribution in [2.75, 3.05) is 13.2 Å². The van der Waals surface area contributed by atoms with Crippen LogP contribution in [-0.4, -0.2) is 39.4 Å². The number of alkyl carbamates (subject to hydrolysis) is 1. The summed E-state index contributed by atoms with van der Waals surface area (Å²) in [5.74, 6) is 2.43. The average Bonchev–Trinajstić information content (AvgIpc) is 3.03. The van der Waals surface area contributed by atoms with Crippen LogP contribution in [-0.2, 0) is 17.7 Å². The summed E-state index contributed by atoms with van der Waals surface area (Å²) in [4.78, 5) is 21.2. The minimum absolute atomic E-state index is 0.406. The van der Waals surface area contributed by atoms with Gasteiger partial charge in [-0.1, -0.05) is 20.8 Å². The SMILES string of the molecule is CCCc1nc2cnc3cc(OCCCNC(=O)OC(C)(C)C)ccc3c2n1CC(C)C. The van der Waals surface area contributed by atoms with Gasteiger partial charge in [0.2, 0.25) is 0 Å². The molecule has 3 aromatic rings. The van der Waals surface area contributed by atoms with Crippen LogP contribution in [0.25, 0.3) is 21.9 Å². The third-order valence-electron chi connectivity index (χ3n) is 4.90. The number of hydrogen-bond donors (Lipinski definition) is 1. The number of carbonyl (C=O) groups is 1. The largest absolute Gasteiger partial charge is 0.493 e. The van der Waals surface area contributed by atoms with Crippen molar-refractivity contribution in [3.63, 3.8) is 0 Å². The second-order valence-corrected chi connectivity index (χ2v) is 9.58. The van der Waals surface area contributed by atoms with Gasteiger partial charge in [0.1, 0.15) is 22.7 Å². The Hall–Kier alpha value is -2.83.